The Balaban J connectivity index is 2.46. The van der Waals surface area contributed by atoms with Crippen LogP contribution in [0.4, 0.5) is 0 Å². The molecule has 1 aromatic carbocycles. The van der Waals surface area contributed by atoms with Crippen LogP contribution in [0.25, 0.3) is 0 Å². The van der Waals surface area contributed by atoms with E-state index in [2.05, 4.69) is 36.1 Å². The van der Waals surface area contributed by atoms with E-state index in [-0.39, 0.29) is 0 Å². The lowest BCUT2D eigenvalue weighted by molar-refractivity contribution is -0.160. The van der Waals surface area contributed by atoms with Gasteiger partial charge >= 0.3 is 0 Å². The molecule has 0 heterocycles. The molecule has 0 aliphatic heterocycles. The largest absolute Gasteiger partial charge is 0.228 e. The second-order valence-electron chi connectivity index (χ2n) is 2.67. The van der Waals surface area contributed by atoms with E-state index in [1.165, 1.54) is 30.3 Å². The Morgan fingerprint density at radius 3 is 2.77 bits per heavy atom. The van der Waals surface area contributed by atoms with Gasteiger partial charge < -0.3 is 0 Å². The SMILES string of the molecule is CCc1cccc(CSOOC)c1. The third-order valence-electron chi connectivity index (χ3n) is 1.74. The Hall–Kier alpha value is -0.510. The van der Waals surface area contributed by atoms with Crippen LogP contribution in [-0.2, 0) is 21.4 Å². The van der Waals surface area contributed by atoms with Gasteiger partial charge in [-0.05, 0) is 17.5 Å². The highest BCUT2D eigenvalue weighted by atomic mass is 32.2. The van der Waals surface area contributed by atoms with Gasteiger partial charge in [0.15, 0.2) is 0 Å². The molecule has 13 heavy (non-hydrogen) atoms. The second kappa shape index (κ2) is 6.02. The summed E-state index contributed by atoms with van der Waals surface area (Å²) in [5, 5.41) is 0. The zero-order valence-electron chi connectivity index (χ0n) is 7.95. The van der Waals surface area contributed by atoms with Gasteiger partial charge in [0.2, 0.25) is 0 Å². The first-order chi connectivity index (χ1) is 6.36. The maximum absolute atomic E-state index is 4.73. The van der Waals surface area contributed by atoms with Crippen molar-refractivity contribution in [3.8, 4) is 0 Å². The molecule has 1 rings (SSSR count). The molecule has 0 bridgehead atoms. The first kappa shape index (κ1) is 10.6. The molecule has 0 saturated heterocycles. The highest BCUT2D eigenvalue weighted by Crippen LogP contribution is 2.14. The van der Waals surface area contributed by atoms with Gasteiger partial charge in [0.05, 0.1) is 7.11 Å². The van der Waals surface area contributed by atoms with E-state index in [4.69, 9.17) is 4.33 Å². The van der Waals surface area contributed by atoms with Gasteiger partial charge in [-0.3, -0.25) is 0 Å². The lowest BCUT2D eigenvalue weighted by atomic mass is 10.1. The summed E-state index contributed by atoms with van der Waals surface area (Å²) in [6, 6.07) is 8.48. The molecule has 0 aliphatic carbocycles. The fourth-order valence-electron chi connectivity index (χ4n) is 1.08. The van der Waals surface area contributed by atoms with Crippen LogP contribution < -0.4 is 0 Å². The third kappa shape index (κ3) is 3.81. The molecular weight excluding hydrogens is 184 g/mol. The van der Waals surface area contributed by atoms with Crippen LogP contribution in [0, 0.1) is 0 Å². The van der Waals surface area contributed by atoms with Crippen molar-refractivity contribution in [1.82, 2.24) is 0 Å². The maximum Gasteiger partial charge on any atom is 0.0725 e. The fourth-order valence-corrected chi connectivity index (χ4v) is 1.54. The summed E-state index contributed by atoms with van der Waals surface area (Å²) in [4.78, 5) is 4.48. The first-order valence-corrected chi connectivity index (χ1v) is 5.18. The molecular formula is C10H14O2S. The van der Waals surface area contributed by atoms with E-state index in [0.29, 0.717) is 0 Å². The molecule has 72 valence electrons. The number of benzene rings is 1. The highest BCUT2D eigenvalue weighted by molar-refractivity contribution is 7.93. The van der Waals surface area contributed by atoms with Crippen molar-refractivity contribution < 1.29 is 9.22 Å². The van der Waals surface area contributed by atoms with Crippen LogP contribution in [0.15, 0.2) is 24.3 Å². The molecule has 0 radical (unpaired) electrons. The smallest absolute Gasteiger partial charge is 0.0725 e. The topological polar surface area (TPSA) is 18.5 Å². The number of aryl methyl sites for hydroxylation is 1. The summed E-state index contributed by atoms with van der Waals surface area (Å²) in [6.45, 7) is 2.15. The summed E-state index contributed by atoms with van der Waals surface area (Å²) < 4.78 is 4.73. The normalized spacial score (nSPS) is 10.3. The lowest BCUT2D eigenvalue weighted by Gasteiger charge is -2.01. The predicted molar refractivity (Wildman–Crippen MR) is 55.2 cm³/mol. The predicted octanol–water partition coefficient (Wildman–Crippen LogP) is 2.98. The standard InChI is InChI=1S/C10H14O2S/c1-3-9-5-4-6-10(7-9)8-13-12-11-2/h4-7H,3,8H2,1-2H3. The van der Waals surface area contributed by atoms with Gasteiger partial charge in [-0.25, -0.2) is 4.89 Å². The molecule has 0 N–H and O–H groups in total. The summed E-state index contributed by atoms with van der Waals surface area (Å²) in [5.74, 6) is 0.821. The van der Waals surface area contributed by atoms with Gasteiger partial charge in [-0.1, -0.05) is 31.2 Å². The molecule has 0 saturated carbocycles. The minimum Gasteiger partial charge on any atom is -0.228 e. The van der Waals surface area contributed by atoms with E-state index >= 15 is 0 Å². The molecule has 3 heteroatoms. The van der Waals surface area contributed by atoms with Gasteiger partial charge in [-0.2, -0.15) is 4.33 Å². The molecule has 0 spiro atoms. The van der Waals surface area contributed by atoms with Crippen LogP contribution in [0.3, 0.4) is 0 Å². The van der Waals surface area contributed by atoms with Crippen LogP contribution >= 0.6 is 12.0 Å². The van der Waals surface area contributed by atoms with Crippen molar-refractivity contribution in [2.75, 3.05) is 7.11 Å². The number of rotatable bonds is 5. The first-order valence-electron chi connectivity index (χ1n) is 4.27. The maximum atomic E-state index is 4.73. The van der Waals surface area contributed by atoms with Gasteiger partial charge in [0, 0.05) is 17.8 Å². The molecule has 2 nitrogen and oxygen atoms in total. The van der Waals surface area contributed by atoms with Crippen molar-refractivity contribution in [2.45, 2.75) is 19.1 Å². The average Bonchev–Trinajstić information content (AvgIpc) is 2.19. The van der Waals surface area contributed by atoms with Crippen molar-refractivity contribution in [3.05, 3.63) is 35.4 Å². The van der Waals surface area contributed by atoms with Gasteiger partial charge in [0.1, 0.15) is 0 Å². The third-order valence-corrected chi connectivity index (χ3v) is 2.42. The van der Waals surface area contributed by atoms with Crippen molar-refractivity contribution in [3.63, 3.8) is 0 Å². The Morgan fingerprint density at radius 1 is 1.31 bits per heavy atom. The van der Waals surface area contributed by atoms with Gasteiger partial charge in [-0.15, -0.1) is 0 Å². The summed E-state index contributed by atoms with van der Waals surface area (Å²) in [6.07, 6.45) is 1.07. The molecule has 0 unspecified atom stereocenters. The Kier molecular flexibility index (Phi) is 4.90. The van der Waals surface area contributed by atoms with E-state index in [1.807, 2.05) is 0 Å². The van der Waals surface area contributed by atoms with Gasteiger partial charge in [0.25, 0.3) is 0 Å². The van der Waals surface area contributed by atoms with Crippen LogP contribution in [-0.4, -0.2) is 7.11 Å². The van der Waals surface area contributed by atoms with Crippen molar-refractivity contribution >= 4 is 12.0 Å². The van der Waals surface area contributed by atoms with E-state index in [9.17, 15) is 0 Å². The Bertz CT molecular complexity index is 250. The van der Waals surface area contributed by atoms with Crippen molar-refractivity contribution in [2.24, 2.45) is 0 Å². The lowest BCUT2D eigenvalue weighted by Crippen LogP contribution is -1.86. The second-order valence-corrected chi connectivity index (χ2v) is 3.33. The molecule has 0 fully saturated rings. The monoisotopic (exact) mass is 198 g/mol. The molecule has 0 amide bonds. The molecule has 0 aliphatic rings. The van der Waals surface area contributed by atoms with Crippen LogP contribution in [0.2, 0.25) is 0 Å². The summed E-state index contributed by atoms with van der Waals surface area (Å²) >= 11 is 1.30. The van der Waals surface area contributed by atoms with E-state index < -0.39 is 0 Å². The summed E-state index contributed by atoms with van der Waals surface area (Å²) in [5.41, 5.74) is 2.62. The minimum atomic E-state index is 0.821. The summed E-state index contributed by atoms with van der Waals surface area (Å²) in [7, 11) is 1.51. The van der Waals surface area contributed by atoms with E-state index in [0.717, 1.165) is 12.2 Å². The molecule has 1 aromatic rings. The number of hydrogen-bond acceptors (Lipinski definition) is 3. The quantitative estimate of drug-likeness (QED) is 0.313. The average molecular weight is 198 g/mol. The van der Waals surface area contributed by atoms with Crippen LogP contribution in [0.5, 0.6) is 0 Å². The highest BCUT2D eigenvalue weighted by Gasteiger charge is 1.95. The zero-order valence-corrected chi connectivity index (χ0v) is 8.76. The Morgan fingerprint density at radius 2 is 2.08 bits per heavy atom. The van der Waals surface area contributed by atoms with Crippen molar-refractivity contribution in [1.29, 1.82) is 0 Å². The number of hydrogen-bond donors (Lipinski definition) is 0. The van der Waals surface area contributed by atoms with E-state index in [1.54, 1.807) is 0 Å². The Labute approximate surface area is 83.4 Å². The minimum absolute atomic E-state index is 0.821. The zero-order chi connectivity index (χ0) is 9.52. The van der Waals surface area contributed by atoms with Crippen LogP contribution in [0.1, 0.15) is 18.1 Å². The molecule has 0 atom stereocenters. The molecule has 0 aromatic heterocycles. The fraction of sp³-hybridized carbons (Fsp3) is 0.400.